The van der Waals surface area contributed by atoms with Gasteiger partial charge in [-0.2, -0.15) is 0 Å². The third kappa shape index (κ3) is 2.89. The van der Waals surface area contributed by atoms with E-state index >= 15 is 0 Å². The zero-order valence-corrected chi connectivity index (χ0v) is 11.6. The Morgan fingerprint density at radius 2 is 2.05 bits per heavy atom. The van der Waals surface area contributed by atoms with Crippen molar-refractivity contribution in [3.05, 3.63) is 29.3 Å². The van der Waals surface area contributed by atoms with Crippen LogP contribution in [0, 0.1) is 6.92 Å². The molecule has 1 aromatic rings. The number of nitrogens with zero attached hydrogens (tertiary/aromatic N) is 1. The molecule has 1 amide bonds. The molecule has 0 aromatic heterocycles. The van der Waals surface area contributed by atoms with Gasteiger partial charge in [0.1, 0.15) is 5.75 Å². The standard InChI is InChI=1S/C15H22N2O2/c1-10-7-8-14(18)11(9-10)15(19)17(2)13-6-4-3-5-12(13)16/h7-9,12-13,18H,3-6,16H2,1-2H3. The Morgan fingerprint density at radius 1 is 1.37 bits per heavy atom. The Morgan fingerprint density at radius 3 is 2.74 bits per heavy atom. The zero-order valence-electron chi connectivity index (χ0n) is 11.6. The molecule has 0 heterocycles. The predicted molar refractivity (Wildman–Crippen MR) is 75.2 cm³/mol. The first-order chi connectivity index (χ1) is 9.00. The first-order valence-corrected chi connectivity index (χ1v) is 6.83. The van der Waals surface area contributed by atoms with Gasteiger partial charge < -0.3 is 15.7 Å². The third-order valence-electron chi connectivity index (χ3n) is 3.98. The van der Waals surface area contributed by atoms with Gasteiger partial charge in [0.05, 0.1) is 5.56 Å². The molecule has 2 unspecified atom stereocenters. The summed E-state index contributed by atoms with van der Waals surface area (Å²) >= 11 is 0. The largest absolute Gasteiger partial charge is 0.507 e. The summed E-state index contributed by atoms with van der Waals surface area (Å²) in [6.07, 6.45) is 4.14. The fourth-order valence-corrected chi connectivity index (χ4v) is 2.78. The molecule has 1 aromatic carbocycles. The van der Waals surface area contributed by atoms with Crippen LogP contribution in [-0.4, -0.2) is 35.0 Å². The number of aromatic hydroxyl groups is 1. The second-order valence-corrected chi connectivity index (χ2v) is 5.45. The number of aryl methyl sites for hydroxylation is 1. The molecule has 1 aliphatic rings. The molecule has 0 aliphatic heterocycles. The average Bonchev–Trinajstić information content (AvgIpc) is 2.40. The third-order valence-corrected chi connectivity index (χ3v) is 3.98. The Hall–Kier alpha value is -1.55. The monoisotopic (exact) mass is 262 g/mol. The molecule has 2 rings (SSSR count). The van der Waals surface area contributed by atoms with Crippen molar-refractivity contribution >= 4 is 5.91 Å². The van der Waals surface area contributed by atoms with Gasteiger partial charge in [-0.25, -0.2) is 0 Å². The number of hydrogen-bond acceptors (Lipinski definition) is 3. The quantitative estimate of drug-likeness (QED) is 0.857. The Labute approximate surface area is 114 Å². The molecular formula is C15H22N2O2. The number of rotatable bonds is 2. The molecule has 1 saturated carbocycles. The topological polar surface area (TPSA) is 66.6 Å². The molecule has 4 heteroatoms. The highest BCUT2D eigenvalue weighted by atomic mass is 16.3. The van der Waals surface area contributed by atoms with Gasteiger partial charge >= 0.3 is 0 Å². The summed E-state index contributed by atoms with van der Waals surface area (Å²) in [5.41, 5.74) is 7.43. The highest BCUT2D eigenvalue weighted by Crippen LogP contribution is 2.25. The number of phenols is 1. The summed E-state index contributed by atoms with van der Waals surface area (Å²) in [6.45, 7) is 1.91. The fourth-order valence-electron chi connectivity index (χ4n) is 2.78. The van der Waals surface area contributed by atoms with Crippen molar-refractivity contribution in [2.24, 2.45) is 5.73 Å². The number of hydrogen-bond donors (Lipinski definition) is 2. The van der Waals surface area contributed by atoms with Crippen molar-refractivity contribution in [1.82, 2.24) is 4.90 Å². The van der Waals surface area contributed by atoms with Crippen LogP contribution >= 0.6 is 0 Å². The first kappa shape index (κ1) is 13.9. The van der Waals surface area contributed by atoms with Gasteiger partial charge in [-0.3, -0.25) is 4.79 Å². The molecular weight excluding hydrogens is 240 g/mol. The molecule has 104 valence electrons. The van der Waals surface area contributed by atoms with Crippen LogP contribution in [0.4, 0.5) is 0 Å². The highest BCUT2D eigenvalue weighted by molar-refractivity contribution is 5.97. The van der Waals surface area contributed by atoms with Gasteiger partial charge in [-0.1, -0.05) is 24.5 Å². The van der Waals surface area contributed by atoms with Crippen LogP contribution in [-0.2, 0) is 0 Å². The Balaban J connectivity index is 2.20. The van der Waals surface area contributed by atoms with Crippen LogP contribution < -0.4 is 5.73 Å². The summed E-state index contributed by atoms with van der Waals surface area (Å²) in [6, 6.07) is 5.19. The number of amides is 1. The van der Waals surface area contributed by atoms with Crippen molar-refractivity contribution < 1.29 is 9.90 Å². The van der Waals surface area contributed by atoms with Gasteiger partial charge in [0.25, 0.3) is 5.91 Å². The molecule has 0 saturated heterocycles. The van der Waals surface area contributed by atoms with Gasteiger partial charge in [0, 0.05) is 19.1 Å². The Kier molecular flexibility index (Phi) is 4.10. The maximum absolute atomic E-state index is 12.5. The minimum atomic E-state index is -0.149. The van der Waals surface area contributed by atoms with Crippen LogP contribution in [0.3, 0.4) is 0 Å². The molecule has 0 spiro atoms. The van der Waals surface area contributed by atoms with E-state index in [4.69, 9.17) is 5.73 Å². The van der Waals surface area contributed by atoms with E-state index in [9.17, 15) is 9.90 Å². The van der Waals surface area contributed by atoms with Crippen molar-refractivity contribution in [2.75, 3.05) is 7.05 Å². The second kappa shape index (κ2) is 5.61. The SMILES string of the molecule is Cc1ccc(O)c(C(=O)N(C)C2CCCCC2N)c1. The van der Waals surface area contributed by atoms with Crippen LogP contribution in [0.1, 0.15) is 41.6 Å². The Bertz CT molecular complexity index is 473. The van der Waals surface area contributed by atoms with E-state index in [1.54, 1.807) is 30.1 Å². The second-order valence-electron chi connectivity index (χ2n) is 5.45. The summed E-state index contributed by atoms with van der Waals surface area (Å²) in [5.74, 6) is -0.115. The van der Waals surface area contributed by atoms with Crippen LogP contribution in [0.15, 0.2) is 18.2 Å². The fraction of sp³-hybridized carbons (Fsp3) is 0.533. The van der Waals surface area contributed by atoms with E-state index in [1.165, 1.54) is 0 Å². The number of likely N-dealkylation sites (N-methyl/N-ethyl adjacent to an activating group) is 1. The average molecular weight is 262 g/mol. The minimum absolute atomic E-state index is 0.0341. The van der Waals surface area contributed by atoms with E-state index in [-0.39, 0.29) is 23.7 Å². The normalized spacial score (nSPS) is 23.1. The van der Waals surface area contributed by atoms with Gasteiger partial charge in [0.15, 0.2) is 0 Å². The molecule has 1 aliphatic carbocycles. The lowest BCUT2D eigenvalue weighted by atomic mass is 9.89. The van der Waals surface area contributed by atoms with Gasteiger partial charge in [-0.05, 0) is 31.9 Å². The first-order valence-electron chi connectivity index (χ1n) is 6.83. The summed E-state index contributed by atoms with van der Waals surface area (Å²) < 4.78 is 0. The van der Waals surface area contributed by atoms with E-state index in [0.717, 1.165) is 31.2 Å². The smallest absolute Gasteiger partial charge is 0.257 e. The van der Waals surface area contributed by atoms with E-state index in [1.807, 2.05) is 6.92 Å². The van der Waals surface area contributed by atoms with Crippen molar-refractivity contribution in [1.29, 1.82) is 0 Å². The number of phenolic OH excluding ortho intramolecular Hbond substituents is 1. The van der Waals surface area contributed by atoms with Crippen LogP contribution in [0.2, 0.25) is 0 Å². The molecule has 2 atom stereocenters. The number of benzene rings is 1. The van der Waals surface area contributed by atoms with Crippen molar-refractivity contribution in [3.8, 4) is 5.75 Å². The lowest BCUT2D eigenvalue weighted by molar-refractivity contribution is 0.0669. The lowest BCUT2D eigenvalue weighted by Gasteiger charge is -2.36. The molecule has 1 fully saturated rings. The summed E-state index contributed by atoms with van der Waals surface area (Å²) in [5, 5.41) is 9.84. The highest BCUT2D eigenvalue weighted by Gasteiger charge is 2.29. The van der Waals surface area contributed by atoms with Gasteiger partial charge in [-0.15, -0.1) is 0 Å². The lowest BCUT2D eigenvalue weighted by Crippen LogP contribution is -2.50. The molecule has 0 bridgehead atoms. The molecule has 3 N–H and O–H groups in total. The van der Waals surface area contributed by atoms with E-state index < -0.39 is 0 Å². The number of carbonyl (C=O) groups is 1. The van der Waals surface area contributed by atoms with E-state index in [2.05, 4.69) is 0 Å². The predicted octanol–water partition coefficient (Wildman–Crippen LogP) is 2.04. The van der Waals surface area contributed by atoms with Crippen molar-refractivity contribution in [3.63, 3.8) is 0 Å². The van der Waals surface area contributed by atoms with E-state index in [0.29, 0.717) is 5.56 Å². The molecule has 0 radical (unpaired) electrons. The summed E-state index contributed by atoms with van der Waals surface area (Å²) in [7, 11) is 1.78. The maximum atomic E-state index is 12.5. The number of nitrogens with two attached hydrogens (primary N) is 1. The van der Waals surface area contributed by atoms with Gasteiger partial charge in [0.2, 0.25) is 0 Å². The number of carbonyl (C=O) groups excluding carboxylic acids is 1. The molecule has 4 nitrogen and oxygen atoms in total. The molecule has 19 heavy (non-hydrogen) atoms. The van der Waals surface area contributed by atoms with Crippen molar-refractivity contribution in [2.45, 2.75) is 44.7 Å². The van der Waals surface area contributed by atoms with Crippen LogP contribution in [0.5, 0.6) is 5.75 Å². The summed E-state index contributed by atoms with van der Waals surface area (Å²) in [4.78, 5) is 14.2. The minimum Gasteiger partial charge on any atom is -0.507 e. The zero-order chi connectivity index (χ0) is 14.0. The maximum Gasteiger partial charge on any atom is 0.257 e. The van der Waals surface area contributed by atoms with Crippen LogP contribution in [0.25, 0.3) is 0 Å².